The zero-order chi connectivity index (χ0) is 29.3. The first-order valence-corrected chi connectivity index (χ1v) is 13.8. The second kappa shape index (κ2) is 13.0. The van der Waals surface area contributed by atoms with Gasteiger partial charge in [-0.15, -0.1) is 11.8 Å². The Hall–Kier alpha value is -4.88. The molecule has 1 atom stereocenters. The van der Waals surface area contributed by atoms with E-state index in [-0.39, 0.29) is 23.9 Å². The van der Waals surface area contributed by atoms with Crippen LogP contribution in [0.5, 0.6) is 28.7 Å². The quantitative estimate of drug-likeness (QED) is 0.105. The number of benzene rings is 5. The van der Waals surface area contributed by atoms with Crippen LogP contribution in [0.4, 0.5) is 0 Å². The minimum Gasteiger partial charge on any atom is -0.508 e. The average Bonchev–Trinajstić information content (AvgIpc) is 3.03. The van der Waals surface area contributed by atoms with Crippen molar-refractivity contribution in [3.05, 3.63) is 144 Å². The van der Waals surface area contributed by atoms with Crippen LogP contribution >= 0.6 is 11.8 Å². The van der Waals surface area contributed by atoms with Crippen LogP contribution in [0.1, 0.15) is 32.3 Å². The average molecular weight is 567 g/mol. The Bertz CT molecular complexity index is 1610. The molecule has 0 aromatic heterocycles. The molecular formula is C34H28O6S. The van der Waals surface area contributed by atoms with Gasteiger partial charge in [-0.2, -0.15) is 0 Å². The Labute approximate surface area is 244 Å². The van der Waals surface area contributed by atoms with E-state index >= 15 is 0 Å². The lowest BCUT2D eigenvalue weighted by molar-refractivity contribution is 0.0989. The molecule has 0 spiro atoms. The molecule has 0 saturated heterocycles. The molecule has 0 radical (unpaired) electrons. The van der Waals surface area contributed by atoms with E-state index < -0.39 is 5.25 Å². The van der Waals surface area contributed by atoms with Gasteiger partial charge in [0, 0.05) is 17.7 Å². The second-order valence-electron chi connectivity index (χ2n) is 9.30. The van der Waals surface area contributed by atoms with Gasteiger partial charge in [0.2, 0.25) is 0 Å². The summed E-state index contributed by atoms with van der Waals surface area (Å²) in [6.07, 6.45) is 0. The lowest BCUT2D eigenvalue weighted by atomic mass is 10.0. The lowest BCUT2D eigenvalue weighted by Gasteiger charge is -2.20. The molecule has 1 unspecified atom stereocenters. The number of carbonyl (C=O) groups excluding carboxylic acids is 1. The number of phenolic OH excluding ortho intramolecular Hbond substituents is 3. The second-order valence-corrected chi connectivity index (χ2v) is 10.4. The van der Waals surface area contributed by atoms with E-state index in [1.165, 1.54) is 18.2 Å². The summed E-state index contributed by atoms with van der Waals surface area (Å²) in [6, 6.07) is 35.2. The van der Waals surface area contributed by atoms with Crippen molar-refractivity contribution in [2.24, 2.45) is 0 Å². The molecule has 206 valence electrons. The van der Waals surface area contributed by atoms with Crippen molar-refractivity contribution in [1.29, 1.82) is 1.43 Å². The number of ketones is 1. The molecule has 7 heteroatoms. The molecule has 0 aliphatic rings. The summed E-state index contributed by atoms with van der Waals surface area (Å²) in [4.78, 5) is 14.2. The van der Waals surface area contributed by atoms with Gasteiger partial charge in [0.05, 0.1) is 10.1 Å². The first kappa shape index (κ1) is 26.3. The van der Waals surface area contributed by atoms with E-state index in [4.69, 9.17) is 10.9 Å². The predicted octanol–water partition coefficient (Wildman–Crippen LogP) is 7.68. The van der Waals surface area contributed by atoms with E-state index in [2.05, 4.69) is 5.11 Å². The van der Waals surface area contributed by atoms with E-state index in [1.807, 2.05) is 60.7 Å². The van der Waals surface area contributed by atoms with E-state index in [0.717, 1.165) is 22.9 Å². The molecule has 0 fully saturated rings. The highest BCUT2D eigenvalue weighted by Gasteiger charge is 2.27. The predicted molar refractivity (Wildman–Crippen MR) is 159 cm³/mol. The fourth-order valence-corrected chi connectivity index (χ4v) is 5.34. The monoisotopic (exact) mass is 566 g/mol. The smallest absolute Gasteiger partial charge is 0.293 e. The third-order valence-electron chi connectivity index (χ3n) is 6.30. The maximum atomic E-state index is 13.8. The van der Waals surface area contributed by atoms with Gasteiger partial charge < -0.3 is 24.8 Å². The highest BCUT2D eigenvalue weighted by Crippen LogP contribution is 2.48. The van der Waals surface area contributed by atoms with Gasteiger partial charge in [-0.3, -0.25) is 4.79 Å². The number of thioether (sulfide) groups is 1. The van der Waals surface area contributed by atoms with Gasteiger partial charge in [-0.05, 0) is 53.1 Å². The molecule has 5 aromatic carbocycles. The van der Waals surface area contributed by atoms with Gasteiger partial charge in [-0.25, -0.2) is 0 Å². The number of rotatable bonds is 12. The van der Waals surface area contributed by atoms with Crippen molar-refractivity contribution in [3.63, 3.8) is 0 Å². The Morgan fingerprint density at radius 1 is 0.732 bits per heavy atom. The largest absolute Gasteiger partial charge is 0.508 e. The first-order chi connectivity index (χ1) is 20.5. The van der Waals surface area contributed by atoms with E-state index in [1.54, 1.807) is 42.5 Å². The summed E-state index contributed by atoms with van der Waals surface area (Å²) in [7, 11) is 0. The molecule has 0 aliphatic heterocycles. The summed E-state index contributed by atoms with van der Waals surface area (Å²) in [5.74, 6) is 0.825. The number of carbonyl (C=O) groups is 1. The third kappa shape index (κ3) is 7.21. The van der Waals surface area contributed by atoms with Gasteiger partial charge in [0.25, 0.3) is 1.43 Å². The number of phenols is 3. The zero-order valence-corrected chi connectivity index (χ0v) is 22.8. The third-order valence-corrected chi connectivity index (χ3v) is 7.67. The molecule has 6 nitrogen and oxygen atoms in total. The van der Waals surface area contributed by atoms with Crippen molar-refractivity contribution in [2.75, 3.05) is 0 Å². The fourth-order valence-electron chi connectivity index (χ4n) is 4.16. The minimum absolute atomic E-state index is 0.0491. The Balaban J connectivity index is 1.50. The van der Waals surface area contributed by atoms with Crippen molar-refractivity contribution < 1.29 is 29.6 Å². The van der Waals surface area contributed by atoms with Crippen molar-refractivity contribution in [2.45, 2.75) is 23.4 Å². The summed E-state index contributed by atoms with van der Waals surface area (Å²) < 4.78 is 19.4. The highest BCUT2D eigenvalue weighted by atomic mass is 32.2. The number of hydrogen-bond donors (Lipinski definition) is 3. The minimum atomic E-state index is -0.796. The standard InChI is InChI=1S/C34H28O6S/c35-27-15-11-25(12-16-27)32(38)33(26-13-17-28(36)18-14-26)41-34-30(37)19-29(39-21-23-7-3-1-4-8-23)20-31(34)40-22-24-9-5-2-6-10-24/h1-20,33,35-37H,21-22H2/i/hT. The summed E-state index contributed by atoms with van der Waals surface area (Å²) >= 11 is 1.14. The topological polar surface area (TPSA) is 96.2 Å². The molecule has 3 N–H and O–H groups in total. The van der Waals surface area contributed by atoms with Crippen molar-refractivity contribution in [3.8, 4) is 28.7 Å². The van der Waals surface area contributed by atoms with E-state index in [9.17, 15) is 15.0 Å². The molecule has 0 aliphatic carbocycles. The molecule has 0 amide bonds. The zero-order valence-electron chi connectivity index (χ0n) is 23.0. The summed E-state index contributed by atoms with van der Waals surface area (Å²) in [5.41, 5.74) is 2.94. The maximum Gasteiger partial charge on any atom is 0.293 e. The molecule has 5 rings (SSSR count). The SMILES string of the molecule is [3H]Oc1ccc(C(Sc2c(O)cc(OCc3ccccc3)cc2OCc2ccccc2)C(=O)c2ccc(O)cc2)cc1. The lowest BCUT2D eigenvalue weighted by Crippen LogP contribution is -2.10. The van der Waals surface area contributed by atoms with Crippen LogP contribution < -0.4 is 9.47 Å². The molecule has 0 heterocycles. The normalized spacial score (nSPS) is 11.8. The summed E-state index contributed by atoms with van der Waals surface area (Å²) in [5, 5.41) is 24.8. The number of ether oxygens (including phenoxy) is 2. The molecule has 5 aromatic rings. The van der Waals surface area contributed by atoms with Crippen LogP contribution in [0.25, 0.3) is 0 Å². The number of hydrogen-bond acceptors (Lipinski definition) is 7. The first-order valence-electron chi connectivity index (χ1n) is 13.3. The van der Waals surface area contributed by atoms with Crippen LogP contribution in [0.3, 0.4) is 0 Å². The maximum absolute atomic E-state index is 13.8. The van der Waals surface area contributed by atoms with Crippen LogP contribution in [-0.2, 0) is 13.2 Å². The van der Waals surface area contributed by atoms with Crippen LogP contribution in [0, 0.1) is 0 Å². The van der Waals surface area contributed by atoms with Gasteiger partial charge in [-0.1, -0.05) is 72.8 Å². The van der Waals surface area contributed by atoms with Crippen LogP contribution in [0.15, 0.2) is 126 Å². The number of aromatic hydroxyl groups is 3. The van der Waals surface area contributed by atoms with Crippen molar-refractivity contribution >= 4 is 17.5 Å². The molecule has 41 heavy (non-hydrogen) atoms. The Kier molecular flexibility index (Phi) is 8.34. The molecule has 0 bridgehead atoms. The molecular weight excluding hydrogens is 536 g/mol. The fraction of sp³-hybridized carbons (Fsp3) is 0.0882. The van der Waals surface area contributed by atoms with Crippen molar-refractivity contribution in [1.82, 2.24) is 0 Å². The Morgan fingerprint density at radius 3 is 1.93 bits per heavy atom. The van der Waals surface area contributed by atoms with E-state index in [0.29, 0.717) is 39.9 Å². The molecule has 0 saturated carbocycles. The van der Waals surface area contributed by atoms with Gasteiger partial charge in [0.15, 0.2) is 5.78 Å². The van der Waals surface area contributed by atoms with Crippen LogP contribution in [0.2, 0.25) is 0 Å². The van der Waals surface area contributed by atoms with Crippen LogP contribution in [-0.4, -0.2) is 22.5 Å². The van der Waals surface area contributed by atoms with Gasteiger partial charge in [0.1, 0.15) is 42.0 Å². The Morgan fingerprint density at radius 2 is 1.32 bits per heavy atom. The highest BCUT2D eigenvalue weighted by molar-refractivity contribution is 8.00. The van der Waals surface area contributed by atoms with Gasteiger partial charge >= 0.3 is 0 Å². The number of Topliss-reactive ketones (excluding diaryl/α,β-unsaturated/α-hetero) is 1. The summed E-state index contributed by atoms with van der Waals surface area (Å²) in [6.45, 7) is 0.541.